The Hall–Kier alpha value is -1.15. The fourth-order valence-corrected chi connectivity index (χ4v) is 2.38. The standard InChI is InChI=1S/C16H22FN/c1-11-9-13(3)16(15(17)10-11)12(2)5-4-8-18-14-6-7-14/h5,9-10,14,18H,4,6-8H2,1-3H3. The van der Waals surface area contributed by atoms with Crippen molar-refractivity contribution in [3.8, 4) is 0 Å². The Balaban J connectivity index is 2.02. The second-order valence-electron chi connectivity index (χ2n) is 5.34. The smallest absolute Gasteiger partial charge is 0.131 e. The Morgan fingerprint density at radius 3 is 2.72 bits per heavy atom. The molecule has 0 spiro atoms. The van der Waals surface area contributed by atoms with Crippen LogP contribution in [0, 0.1) is 19.7 Å². The number of hydrogen-bond donors (Lipinski definition) is 1. The van der Waals surface area contributed by atoms with Gasteiger partial charge in [0.2, 0.25) is 0 Å². The highest BCUT2D eigenvalue weighted by atomic mass is 19.1. The van der Waals surface area contributed by atoms with E-state index in [1.54, 1.807) is 6.07 Å². The summed E-state index contributed by atoms with van der Waals surface area (Å²) in [7, 11) is 0. The molecular weight excluding hydrogens is 225 g/mol. The summed E-state index contributed by atoms with van der Waals surface area (Å²) in [5, 5.41) is 3.46. The highest BCUT2D eigenvalue weighted by Crippen LogP contribution is 2.24. The molecule has 98 valence electrons. The molecule has 1 N–H and O–H groups in total. The van der Waals surface area contributed by atoms with Crippen molar-refractivity contribution in [1.29, 1.82) is 0 Å². The Labute approximate surface area is 109 Å². The van der Waals surface area contributed by atoms with Crippen molar-refractivity contribution in [2.75, 3.05) is 6.54 Å². The molecule has 0 aliphatic heterocycles. The van der Waals surface area contributed by atoms with Crippen LogP contribution in [-0.4, -0.2) is 12.6 Å². The summed E-state index contributed by atoms with van der Waals surface area (Å²) in [4.78, 5) is 0. The zero-order valence-electron chi connectivity index (χ0n) is 11.5. The Bertz CT molecular complexity index is 435. The average molecular weight is 247 g/mol. The molecule has 0 aromatic heterocycles. The molecule has 1 aliphatic rings. The predicted molar refractivity (Wildman–Crippen MR) is 75.2 cm³/mol. The third-order valence-corrected chi connectivity index (χ3v) is 3.43. The average Bonchev–Trinajstić information content (AvgIpc) is 3.06. The van der Waals surface area contributed by atoms with Crippen LogP contribution in [0.5, 0.6) is 0 Å². The maximum absolute atomic E-state index is 14.0. The van der Waals surface area contributed by atoms with Gasteiger partial charge in [0.25, 0.3) is 0 Å². The zero-order valence-corrected chi connectivity index (χ0v) is 11.5. The lowest BCUT2D eigenvalue weighted by Crippen LogP contribution is -2.16. The fraction of sp³-hybridized carbons (Fsp3) is 0.500. The molecule has 0 bridgehead atoms. The number of aryl methyl sites for hydroxylation is 2. The molecule has 1 fully saturated rings. The quantitative estimate of drug-likeness (QED) is 0.776. The lowest BCUT2D eigenvalue weighted by Gasteiger charge is -2.09. The summed E-state index contributed by atoms with van der Waals surface area (Å²) in [6, 6.07) is 4.40. The molecule has 1 nitrogen and oxygen atoms in total. The van der Waals surface area contributed by atoms with Gasteiger partial charge in [-0.3, -0.25) is 0 Å². The largest absolute Gasteiger partial charge is 0.314 e. The molecule has 1 aliphatic carbocycles. The molecule has 2 rings (SSSR count). The molecule has 0 unspecified atom stereocenters. The van der Waals surface area contributed by atoms with E-state index in [1.165, 1.54) is 12.8 Å². The lowest BCUT2D eigenvalue weighted by molar-refractivity contribution is 0.621. The van der Waals surface area contributed by atoms with E-state index < -0.39 is 0 Å². The van der Waals surface area contributed by atoms with Crippen molar-refractivity contribution in [3.05, 3.63) is 40.7 Å². The molecular formula is C16H22FN. The van der Waals surface area contributed by atoms with Gasteiger partial charge in [-0.25, -0.2) is 4.39 Å². The van der Waals surface area contributed by atoms with E-state index in [4.69, 9.17) is 0 Å². The lowest BCUT2D eigenvalue weighted by atomic mass is 9.98. The number of rotatable bonds is 5. The molecule has 0 atom stereocenters. The van der Waals surface area contributed by atoms with E-state index in [0.29, 0.717) is 0 Å². The summed E-state index contributed by atoms with van der Waals surface area (Å²) >= 11 is 0. The molecule has 0 radical (unpaired) electrons. The van der Waals surface area contributed by atoms with Crippen LogP contribution in [0.4, 0.5) is 4.39 Å². The SMILES string of the molecule is CC(=CCCNC1CC1)c1c(C)cc(C)cc1F. The van der Waals surface area contributed by atoms with Gasteiger partial charge >= 0.3 is 0 Å². The molecule has 2 heteroatoms. The third kappa shape index (κ3) is 3.42. The number of halogens is 1. The zero-order chi connectivity index (χ0) is 13.1. The molecule has 1 aromatic carbocycles. The van der Waals surface area contributed by atoms with E-state index in [2.05, 4.69) is 11.4 Å². The minimum atomic E-state index is -0.101. The maximum atomic E-state index is 14.0. The molecule has 1 saturated carbocycles. The van der Waals surface area contributed by atoms with Crippen molar-refractivity contribution >= 4 is 5.57 Å². The Morgan fingerprint density at radius 2 is 2.11 bits per heavy atom. The number of hydrogen-bond acceptors (Lipinski definition) is 1. The van der Waals surface area contributed by atoms with E-state index in [1.807, 2.05) is 26.8 Å². The summed E-state index contributed by atoms with van der Waals surface area (Å²) in [5.41, 5.74) is 3.82. The Kier molecular flexibility index (Phi) is 4.18. The van der Waals surface area contributed by atoms with Crippen molar-refractivity contribution in [3.63, 3.8) is 0 Å². The summed E-state index contributed by atoms with van der Waals surface area (Å²) in [6.07, 6.45) is 5.73. The minimum absolute atomic E-state index is 0.101. The first-order chi connectivity index (χ1) is 8.58. The summed E-state index contributed by atoms with van der Waals surface area (Å²) < 4.78 is 14.0. The number of nitrogens with one attached hydrogen (secondary N) is 1. The van der Waals surface area contributed by atoms with Crippen LogP contribution in [0.15, 0.2) is 18.2 Å². The third-order valence-electron chi connectivity index (χ3n) is 3.43. The molecule has 0 heterocycles. The second kappa shape index (κ2) is 5.66. The topological polar surface area (TPSA) is 12.0 Å². The van der Waals surface area contributed by atoms with Crippen LogP contribution in [-0.2, 0) is 0 Å². The van der Waals surface area contributed by atoms with Gasteiger partial charge in [-0.05, 0) is 69.3 Å². The molecule has 18 heavy (non-hydrogen) atoms. The second-order valence-corrected chi connectivity index (χ2v) is 5.34. The van der Waals surface area contributed by atoms with Gasteiger partial charge in [0.05, 0.1) is 0 Å². The first-order valence-electron chi connectivity index (χ1n) is 6.75. The monoisotopic (exact) mass is 247 g/mol. The number of allylic oxidation sites excluding steroid dienone is 1. The number of benzene rings is 1. The van der Waals surface area contributed by atoms with Crippen molar-refractivity contribution in [1.82, 2.24) is 5.32 Å². The molecule has 1 aromatic rings. The minimum Gasteiger partial charge on any atom is -0.314 e. The first-order valence-corrected chi connectivity index (χ1v) is 6.75. The molecule has 0 saturated heterocycles. The van der Waals surface area contributed by atoms with Gasteiger partial charge in [-0.15, -0.1) is 0 Å². The van der Waals surface area contributed by atoms with Crippen LogP contribution < -0.4 is 5.32 Å². The normalized spacial score (nSPS) is 16.1. The highest BCUT2D eigenvalue weighted by Gasteiger charge is 2.19. The van der Waals surface area contributed by atoms with Crippen LogP contribution in [0.2, 0.25) is 0 Å². The van der Waals surface area contributed by atoms with E-state index in [9.17, 15) is 4.39 Å². The first kappa shape index (κ1) is 13.3. The summed E-state index contributed by atoms with van der Waals surface area (Å²) in [5.74, 6) is -0.101. The predicted octanol–water partition coefficient (Wildman–Crippen LogP) is 3.99. The van der Waals surface area contributed by atoms with E-state index in [-0.39, 0.29) is 5.82 Å². The van der Waals surface area contributed by atoms with Crippen molar-refractivity contribution < 1.29 is 4.39 Å². The van der Waals surface area contributed by atoms with Gasteiger partial charge < -0.3 is 5.32 Å². The summed E-state index contributed by atoms with van der Waals surface area (Å²) in [6.45, 7) is 6.90. The van der Waals surface area contributed by atoms with Crippen LogP contribution >= 0.6 is 0 Å². The highest BCUT2D eigenvalue weighted by molar-refractivity contribution is 5.67. The van der Waals surface area contributed by atoms with Gasteiger partial charge in [-0.2, -0.15) is 0 Å². The van der Waals surface area contributed by atoms with Crippen molar-refractivity contribution in [2.24, 2.45) is 0 Å². The van der Waals surface area contributed by atoms with Gasteiger partial charge in [0, 0.05) is 11.6 Å². The van der Waals surface area contributed by atoms with Gasteiger partial charge in [0.15, 0.2) is 0 Å². The van der Waals surface area contributed by atoms with Crippen molar-refractivity contribution in [2.45, 2.75) is 46.1 Å². The van der Waals surface area contributed by atoms with E-state index in [0.717, 1.165) is 41.3 Å². The van der Waals surface area contributed by atoms with Crippen LogP contribution in [0.25, 0.3) is 5.57 Å². The molecule has 0 amide bonds. The van der Waals surface area contributed by atoms with Crippen LogP contribution in [0.3, 0.4) is 0 Å². The Morgan fingerprint density at radius 1 is 1.39 bits per heavy atom. The maximum Gasteiger partial charge on any atom is 0.131 e. The fourth-order valence-electron chi connectivity index (χ4n) is 2.38. The van der Waals surface area contributed by atoms with Gasteiger partial charge in [-0.1, -0.05) is 12.1 Å². The van der Waals surface area contributed by atoms with Crippen LogP contribution in [0.1, 0.15) is 42.9 Å². The van der Waals surface area contributed by atoms with E-state index >= 15 is 0 Å². The van der Waals surface area contributed by atoms with Gasteiger partial charge in [0.1, 0.15) is 5.82 Å².